The fourth-order valence-corrected chi connectivity index (χ4v) is 5.02. The molecule has 0 aliphatic rings. The molecule has 174 valence electrons. The van der Waals surface area contributed by atoms with Crippen LogP contribution in [-0.2, 0) is 27.9 Å². The Morgan fingerprint density at radius 1 is 0.939 bits per heavy atom. The molecule has 0 spiro atoms. The van der Waals surface area contributed by atoms with E-state index in [4.69, 9.17) is 16.3 Å². The first-order valence-corrected chi connectivity index (χ1v) is 12.6. The number of halogens is 1. The highest BCUT2D eigenvalue weighted by atomic mass is 35.5. The van der Waals surface area contributed by atoms with E-state index >= 15 is 0 Å². The molecule has 0 aromatic heterocycles. The van der Waals surface area contributed by atoms with E-state index in [-0.39, 0.29) is 11.6 Å². The number of rotatable bonds is 9. The molecule has 0 unspecified atom stereocenters. The molecule has 0 fully saturated rings. The van der Waals surface area contributed by atoms with E-state index in [1.54, 1.807) is 24.0 Å². The number of anilines is 1. The van der Waals surface area contributed by atoms with Crippen LogP contribution in [0.3, 0.4) is 0 Å². The molecular weight excluding hydrogens is 460 g/mol. The number of benzene rings is 3. The molecule has 0 aliphatic carbocycles. The smallest absolute Gasteiger partial charge is 0.246 e. The van der Waals surface area contributed by atoms with Crippen molar-refractivity contribution in [2.45, 2.75) is 26.1 Å². The first kappa shape index (κ1) is 24.6. The molecule has 1 amide bonds. The van der Waals surface area contributed by atoms with Crippen LogP contribution in [0.4, 0.5) is 5.69 Å². The average Bonchev–Trinajstić information content (AvgIpc) is 2.79. The summed E-state index contributed by atoms with van der Waals surface area (Å²) in [4.78, 5) is 15.4. The van der Waals surface area contributed by atoms with Crippen molar-refractivity contribution in [3.63, 3.8) is 0 Å². The van der Waals surface area contributed by atoms with Crippen LogP contribution in [0.25, 0.3) is 0 Å². The van der Waals surface area contributed by atoms with Gasteiger partial charge in [-0.1, -0.05) is 72.3 Å². The number of sulfonamides is 1. The van der Waals surface area contributed by atoms with Gasteiger partial charge in [-0.3, -0.25) is 9.10 Å². The summed E-state index contributed by atoms with van der Waals surface area (Å²) in [6.45, 7) is 2.25. The molecule has 3 aromatic carbocycles. The second kappa shape index (κ2) is 10.7. The average molecular weight is 487 g/mol. The van der Waals surface area contributed by atoms with Gasteiger partial charge in [0.15, 0.2) is 0 Å². The fourth-order valence-electron chi connectivity index (χ4n) is 3.69. The maximum atomic E-state index is 13.7. The van der Waals surface area contributed by atoms with Crippen molar-refractivity contribution in [2.75, 3.05) is 17.7 Å². The molecule has 8 heteroatoms. The van der Waals surface area contributed by atoms with Gasteiger partial charge in [0.05, 0.1) is 19.1 Å². The number of hydrogen-bond acceptors (Lipinski definition) is 4. The zero-order chi connectivity index (χ0) is 24.0. The zero-order valence-electron chi connectivity index (χ0n) is 18.8. The standard InChI is InChI=1S/C25H27ClN2O4S/c1-19(28(33(3,30)31)23-16-22(26)14-15-24(23)32-2)25(29)27(17-20-10-6-4-7-11-20)18-21-12-8-5-9-13-21/h4-16,19H,17-18H2,1-3H3/t19-/m0/s1. The van der Waals surface area contributed by atoms with Gasteiger partial charge in [0.2, 0.25) is 15.9 Å². The highest BCUT2D eigenvalue weighted by molar-refractivity contribution is 7.92. The van der Waals surface area contributed by atoms with Gasteiger partial charge in [-0.05, 0) is 36.2 Å². The van der Waals surface area contributed by atoms with Gasteiger partial charge in [0.25, 0.3) is 0 Å². The lowest BCUT2D eigenvalue weighted by Crippen LogP contribution is -2.49. The molecule has 3 rings (SSSR count). The minimum absolute atomic E-state index is 0.215. The van der Waals surface area contributed by atoms with Gasteiger partial charge in [-0.15, -0.1) is 0 Å². The Hall–Kier alpha value is -3.03. The predicted octanol–water partition coefficient (Wildman–Crippen LogP) is 4.73. The van der Waals surface area contributed by atoms with Crippen LogP contribution in [0.1, 0.15) is 18.1 Å². The Bertz CT molecular complexity index is 1150. The Morgan fingerprint density at radius 2 is 1.45 bits per heavy atom. The maximum Gasteiger partial charge on any atom is 0.246 e. The summed E-state index contributed by atoms with van der Waals surface area (Å²) in [6, 6.07) is 22.8. The van der Waals surface area contributed by atoms with Gasteiger partial charge in [-0.25, -0.2) is 8.42 Å². The van der Waals surface area contributed by atoms with Gasteiger partial charge in [0.1, 0.15) is 11.8 Å². The third-order valence-electron chi connectivity index (χ3n) is 5.19. The number of carbonyl (C=O) groups is 1. The second-order valence-corrected chi connectivity index (χ2v) is 10.0. The summed E-state index contributed by atoms with van der Waals surface area (Å²) in [6.07, 6.45) is 1.07. The van der Waals surface area contributed by atoms with E-state index in [9.17, 15) is 13.2 Å². The Kier molecular flexibility index (Phi) is 8.00. The summed E-state index contributed by atoms with van der Waals surface area (Å²) in [7, 11) is -2.40. The van der Waals surface area contributed by atoms with Gasteiger partial charge >= 0.3 is 0 Å². The number of ether oxygens (including phenoxy) is 1. The molecular formula is C25H27ClN2O4S. The van der Waals surface area contributed by atoms with Crippen LogP contribution in [-0.4, -0.2) is 38.6 Å². The molecule has 33 heavy (non-hydrogen) atoms. The van der Waals surface area contributed by atoms with Crippen LogP contribution in [0.2, 0.25) is 5.02 Å². The fraction of sp³-hybridized carbons (Fsp3) is 0.240. The van der Waals surface area contributed by atoms with E-state index in [1.807, 2.05) is 60.7 Å². The number of carbonyl (C=O) groups excluding carboxylic acids is 1. The molecule has 0 heterocycles. The van der Waals surface area contributed by atoms with E-state index in [1.165, 1.54) is 13.2 Å². The Labute approximate surface area is 200 Å². The molecule has 0 saturated heterocycles. The van der Waals surface area contributed by atoms with Crippen molar-refractivity contribution in [3.8, 4) is 5.75 Å². The van der Waals surface area contributed by atoms with Crippen LogP contribution in [0, 0.1) is 0 Å². The summed E-state index contributed by atoms with van der Waals surface area (Å²) >= 11 is 6.16. The lowest BCUT2D eigenvalue weighted by molar-refractivity contribution is -0.133. The summed E-state index contributed by atoms with van der Waals surface area (Å²) in [5.74, 6) is -0.0303. The van der Waals surface area contributed by atoms with Crippen molar-refractivity contribution >= 4 is 33.2 Å². The molecule has 0 saturated carbocycles. The van der Waals surface area contributed by atoms with Gasteiger partial charge in [-0.2, -0.15) is 0 Å². The second-order valence-electron chi connectivity index (χ2n) is 7.72. The molecule has 6 nitrogen and oxygen atoms in total. The molecule has 1 atom stereocenters. The number of hydrogen-bond donors (Lipinski definition) is 0. The normalized spacial score (nSPS) is 12.1. The molecule has 0 aliphatic heterocycles. The largest absolute Gasteiger partial charge is 0.495 e. The topological polar surface area (TPSA) is 66.9 Å². The van der Waals surface area contributed by atoms with Crippen LogP contribution >= 0.6 is 11.6 Å². The monoisotopic (exact) mass is 486 g/mol. The lowest BCUT2D eigenvalue weighted by Gasteiger charge is -2.33. The van der Waals surface area contributed by atoms with Gasteiger partial charge in [0, 0.05) is 18.1 Å². The van der Waals surface area contributed by atoms with E-state index in [0.29, 0.717) is 23.9 Å². The van der Waals surface area contributed by atoms with Crippen molar-refractivity contribution < 1.29 is 17.9 Å². The quantitative estimate of drug-likeness (QED) is 0.438. The number of amides is 1. The molecule has 3 aromatic rings. The third-order valence-corrected chi connectivity index (χ3v) is 6.65. The summed E-state index contributed by atoms with van der Waals surface area (Å²) in [5.41, 5.74) is 2.10. The van der Waals surface area contributed by atoms with Crippen molar-refractivity contribution in [2.24, 2.45) is 0 Å². The van der Waals surface area contributed by atoms with Crippen molar-refractivity contribution in [1.29, 1.82) is 0 Å². The zero-order valence-corrected chi connectivity index (χ0v) is 20.4. The molecule has 0 bridgehead atoms. The Balaban J connectivity index is 2.01. The van der Waals surface area contributed by atoms with Crippen molar-refractivity contribution in [3.05, 3.63) is 95.0 Å². The maximum absolute atomic E-state index is 13.7. The SMILES string of the molecule is COc1ccc(Cl)cc1N([C@@H](C)C(=O)N(Cc1ccccc1)Cc1ccccc1)S(C)(=O)=O. The Morgan fingerprint density at radius 3 is 1.91 bits per heavy atom. The summed E-state index contributed by atoms with van der Waals surface area (Å²) < 4.78 is 32.1. The van der Waals surface area contributed by atoms with Crippen LogP contribution < -0.4 is 9.04 Å². The minimum Gasteiger partial charge on any atom is -0.495 e. The van der Waals surface area contributed by atoms with Crippen molar-refractivity contribution in [1.82, 2.24) is 4.90 Å². The molecule has 0 N–H and O–H groups in total. The number of nitrogens with zero attached hydrogens (tertiary/aromatic N) is 2. The van der Waals surface area contributed by atoms with E-state index in [0.717, 1.165) is 21.7 Å². The van der Waals surface area contributed by atoms with E-state index in [2.05, 4.69) is 0 Å². The first-order valence-electron chi connectivity index (χ1n) is 10.4. The van der Waals surface area contributed by atoms with E-state index < -0.39 is 16.1 Å². The van der Waals surface area contributed by atoms with Crippen LogP contribution in [0.15, 0.2) is 78.9 Å². The predicted molar refractivity (Wildman–Crippen MR) is 132 cm³/mol. The molecule has 0 radical (unpaired) electrons. The first-order chi connectivity index (χ1) is 15.7. The third kappa shape index (κ3) is 6.27. The van der Waals surface area contributed by atoms with Gasteiger partial charge < -0.3 is 9.64 Å². The lowest BCUT2D eigenvalue weighted by atomic mass is 10.1. The highest BCUT2D eigenvalue weighted by Crippen LogP contribution is 2.34. The minimum atomic E-state index is -3.84. The summed E-state index contributed by atoms with van der Waals surface area (Å²) in [5, 5.41) is 0.338. The van der Waals surface area contributed by atoms with Crippen LogP contribution in [0.5, 0.6) is 5.75 Å². The highest BCUT2D eigenvalue weighted by Gasteiger charge is 2.34. The number of methoxy groups -OCH3 is 1.